The Bertz CT molecular complexity index is 366. The van der Waals surface area contributed by atoms with Crippen LogP contribution in [0.15, 0.2) is 24.3 Å². The lowest BCUT2D eigenvalue weighted by Gasteiger charge is -2.23. The number of nitrogens with zero attached hydrogens (tertiary/aromatic N) is 1. The fourth-order valence-corrected chi connectivity index (χ4v) is 2.31. The highest BCUT2D eigenvalue weighted by Gasteiger charge is 2.14. The zero-order chi connectivity index (χ0) is 14.8. The number of nitrogens with one attached hydrogen (secondary N) is 1. The molecule has 0 heterocycles. The van der Waals surface area contributed by atoms with Gasteiger partial charge in [0.05, 0.1) is 6.61 Å². The van der Waals surface area contributed by atoms with E-state index in [4.69, 9.17) is 10.5 Å². The molecular weight excluding hydrogens is 250 g/mol. The highest BCUT2D eigenvalue weighted by atomic mass is 16.5. The van der Waals surface area contributed by atoms with E-state index in [2.05, 4.69) is 30.1 Å². The molecule has 0 aliphatic rings. The fraction of sp³-hybridized carbons (Fsp3) is 0.625. The third-order valence-corrected chi connectivity index (χ3v) is 3.54. The first-order valence-electron chi connectivity index (χ1n) is 7.64. The van der Waals surface area contributed by atoms with Crippen molar-refractivity contribution in [2.75, 3.05) is 39.3 Å². The van der Waals surface area contributed by atoms with Crippen LogP contribution >= 0.6 is 0 Å². The van der Waals surface area contributed by atoms with Crippen LogP contribution in [0.3, 0.4) is 0 Å². The molecule has 0 fully saturated rings. The van der Waals surface area contributed by atoms with Gasteiger partial charge in [0.15, 0.2) is 0 Å². The fourth-order valence-electron chi connectivity index (χ4n) is 2.31. The van der Waals surface area contributed by atoms with E-state index in [1.165, 1.54) is 0 Å². The summed E-state index contributed by atoms with van der Waals surface area (Å²) in [5.41, 5.74) is 7.07. The molecule has 0 aromatic heterocycles. The summed E-state index contributed by atoms with van der Waals surface area (Å²) in [7, 11) is 0. The minimum absolute atomic E-state index is 0.147. The van der Waals surface area contributed by atoms with Crippen molar-refractivity contribution < 1.29 is 4.74 Å². The van der Waals surface area contributed by atoms with Gasteiger partial charge in [-0.05, 0) is 26.1 Å². The van der Waals surface area contributed by atoms with Gasteiger partial charge in [-0.1, -0.05) is 32.0 Å². The van der Waals surface area contributed by atoms with E-state index in [0.29, 0.717) is 13.2 Å². The van der Waals surface area contributed by atoms with Gasteiger partial charge in [-0.25, -0.2) is 0 Å². The molecule has 4 nitrogen and oxygen atoms in total. The second-order valence-electron chi connectivity index (χ2n) is 4.74. The Kier molecular flexibility index (Phi) is 8.26. The summed E-state index contributed by atoms with van der Waals surface area (Å²) in [5, 5.41) is 3.54. The third-order valence-electron chi connectivity index (χ3n) is 3.54. The number of rotatable bonds is 10. The molecule has 0 saturated carbocycles. The van der Waals surface area contributed by atoms with Crippen LogP contribution in [-0.2, 0) is 0 Å². The number of hydrogen-bond donors (Lipinski definition) is 2. The van der Waals surface area contributed by atoms with Crippen LogP contribution in [0, 0.1) is 0 Å². The Morgan fingerprint density at radius 2 is 1.90 bits per heavy atom. The van der Waals surface area contributed by atoms with Crippen molar-refractivity contribution in [3.8, 4) is 5.75 Å². The average Bonchev–Trinajstić information content (AvgIpc) is 2.49. The van der Waals surface area contributed by atoms with Gasteiger partial charge in [0, 0.05) is 31.2 Å². The Hall–Kier alpha value is -1.10. The van der Waals surface area contributed by atoms with Gasteiger partial charge in [0.2, 0.25) is 0 Å². The first-order chi connectivity index (χ1) is 9.76. The van der Waals surface area contributed by atoms with Gasteiger partial charge in [-0.2, -0.15) is 0 Å². The molecule has 1 atom stereocenters. The minimum Gasteiger partial charge on any atom is -0.494 e. The zero-order valence-corrected chi connectivity index (χ0v) is 13.1. The predicted octanol–water partition coefficient (Wildman–Crippen LogP) is 2.02. The monoisotopic (exact) mass is 279 g/mol. The normalized spacial score (nSPS) is 12.7. The van der Waals surface area contributed by atoms with Crippen molar-refractivity contribution in [2.24, 2.45) is 5.73 Å². The predicted molar refractivity (Wildman–Crippen MR) is 85.2 cm³/mol. The standard InChI is InChI=1S/C16H29N3O/c1-4-19(5-2)12-11-18-15(13-17)14-9-7-8-10-16(14)20-6-3/h7-10,15,18H,4-6,11-13,17H2,1-3H3. The molecule has 114 valence electrons. The quantitative estimate of drug-likeness (QED) is 0.688. The number of ether oxygens (including phenoxy) is 1. The van der Waals surface area contributed by atoms with Crippen LogP contribution in [0.4, 0.5) is 0 Å². The Labute approximate surface area is 123 Å². The van der Waals surface area contributed by atoms with Crippen molar-refractivity contribution >= 4 is 0 Å². The van der Waals surface area contributed by atoms with E-state index in [-0.39, 0.29) is 6.04 Å². The van der Waals surface area contributed by atoms with Gasteiger partial charge in [0.1, 0.15) is 5.75 Å². The molecular formula is C16H29N3O. The molecule has 0 bridgehead atoms. The first kappa shape index (κ1) is 17.0. The Morgan fingerprint density at radius 1 is 1.20 bits per heavy atom. The largest absolute Gasteiger partial charge is 0.494 e. The van der Waals surface area contributed by atoms with Gasteiger partial charge >= 0.3 is 0 Å². The molecule has 1 aromatic carbocycles. The lowest BCUT2D eigenvalue weighted by Crippen LogP contribution is -2.36. The van der Waals surface area contributed by atoms with Gasteiger partial charge in [0.25, 0.3) is 0 Å². The molecule has 1 aromatic rings. The molecule has 0 saturated heterocycles. The summed E-state index contributed by atoms with van der Waals surface area (Å²) in [4.78, 5) is 2.40. The Morgan fingerprint density at radius 3 is 2.50 bits per heavy atom. The maximum atomic E-state index is 5.92. The molecule has 0 amide bonds. The second-order valence-corrected chi connectivity index (χ2v) is 4.74. The Balaban J connectivity index is 2.61. The summed E-state index contributed by atoms with van der Waals surface area (Å²) >= 11 is 0. The molecule has 0 spiro atoms. The highest BCUT2D eigenvalue weighted by molar-refractivity contribution is 5.36. The van der Waals surface area contributed by atoms with Gasteiger partial charge in [-0.15, -0.1) is 0 Å². The van der Waals surface area contributed by atoms with E-state index in [1.807, 2.05) is 25.1 Å². The lowest BCUT2D eigenvalue weighted by molar-refractivity contribution is 0.294. The smallest absolute Gasteiger partial charge is 0.124 e. The van der Waals surface area contributed by atoms with Crippen LogP contribution < -0.4 is 15.8 Å². The van der Waals surface area contributed by atoms with Gasteiger partial charge in [-0.3, -0.25) is 0 Å². The number of nitrogens with two attached hydrogens (primary N) is 1. The number of likely N-dealkylation sites (N-methyl/N-ethyl adjacent to an activating group) is 1. The summed E-state index contributed by atoms with van der Waals surface area (Å²) in [6.45, 7) is 11.8. The van der Waals surface area contributed by atoms with Crippen molar-refractivity contribution in [1.82, 2.24) is 10.2 Å². The molecule has 1 rings (SSSR count). The van der Waals surface area contributed by atoms with E-state index >= 15 is 0 Å². The van der Waals surface area contributed by atoms with Crippen LogP contribution in [-0.4, -0.2) is 44.2 Å². The molecule has 3 N–H and O–H groups in total. The van der Waals surface area contributed by atoms with Crippen molar-refractivity contribution in [2.45, 2.75) is 26.8 Å². The summed E-state index contributed by atoms with van der Waals surface area (Å²) in [6.07, 6.45) is 0. The summed E-state index contributed by atoms with van der Waals surface area (Å²) in [5.74, 6) is 0.931. The number of benzene rings is 1. The van der Waals surface area contributed by atoms with Gasteiger partial charge < -0.3 is 20.7 Å². The van der Waals surface area contributed by atoms with E-state index < -0.39 is 0 Å². The summed E-state index contributed by atoms with van der Waals surface area (Å²) < 4.78 is 5.68. The van der Waals surface area contributed by atoms with Crippen LogP contribution in [0.1, 0.15) is 32.4 Å². The average molecular weight is 279 g/mol. The lowest BCUT2D eigenvalue weighted by atomic mass is 10.1. The number of hydrogen-bond acceptors (Lipinski definition) is 4. The molecule has 0 radical (unpaired) electrons. The summed E-state index contributed by atoms with van der Waals surface area (Å²) in [6, 6.07) is 8.28. The highest BCUT2D eigenvalue weighted by Crippen LogP contribution is 2.24. The zero-order valence-electron chi connectivity index (χ0n) is 13.1. The van der Waals surface area contributed by atoms with E-state index in [1.54, 1.807) is 0 Å². The third kappa shape index (κ3) is 5.12. The van der Waals surface area contributed by atoms with Crippen LogP contribution in [0.5, 0.6) is 5.75 Å². The second kappa shape index (κ2) is 9.75. The first-order valence-corrected chi connectivity index (χ1v) is 7.64. The minimum atomic E-state index is 0.147. The molecule has 20 heavy (non-hydrogen) atoms. The number of para-hydroxylation sites is 1. The topological polar surface area (TPSA) is 50.5 Å². The van der Waals surface area contributed by atoms with E-state index in [9.17, 15) is 0 Å². The van der Waals surface area contributed by atoms with Crippen molar-refractivity contribution in [3.05, 3.63) is 29.8 Å². The van der Waals surface area contributed by atoms with Crippen molar-refractivity contribution in [3.63, 3.8) is 0 Å². The molecule has 4 heteroatoms. The van der Waals surface area contributed by atoms with E-state index in [0.717, 1.165) is 37.5 Å². The SMILES string of the molecule is CCOc1ccccc1C(CN)NCCN(CC)CC. The maximum Gasteiger partial charge on any atom is 0.124 e. The molecule has 1 unspecified atom stereocenters. The van der Waals surface area contributed by atoms with Crippen LogP contribution in [0.25, 0.3) is 0 Å². The van der Waals surface area contributed by atoms with Crippen LogP contribution in [0.2, 0.25) is 0 Å². The maximum absolute atomic E-state index is 5.92. The van der Waals surface area contributed by atoms with Crippen molar-refractivity contribution in [1.29, 1.82) is 0 Å². The molecule has 0 aliphatic carbocycles. The molecule has 0 aliphatic heterocycles.